The molecule has 0 fully saturated rings. The van der Waals surface area contributed by atoms with E-state index in [0.29, 0.717) is 5.82 Å². The maximum Gasteiger partial charge on any atom is 0.165 e. The van der Waals surface area contributed by atoms with Crippen molar-refractivity contribution in [3.63, 3.8) is 0 Å². The lowest BCUT2D eigenvalue weighted by atomic mass is 10.3. The zero-order chi connectivity index (χ0) is 8.23. The van der Waals surface area contributed by atoms with Gasteiger partial charge in [0.15, 0.2) is 5.82 Å². The molecule has 2 rings (SSSR count). The van der Waals surface area contributed by atoms with Gasteiger partial charge in [-0.25, -0.2) is 24.9 Å². The van der Waals surface area contributed by atoms with Crippen LogP contribution in [-0.4, -0.2) is 24.9 Å². The third-order valence-electron chi connectivity index (χ3n) is 1.31. The maximum absolute atomic E-state index is 3.95. The topological polar surface area (TPSA) is 64.5 Å². The first-order valence-corrected chi connectivity index (χ1v) is 3.34. The summed E-state index contributed by atoms with van der Waals surface area (Å²) in [6.07, 6.45) is 7.65. The number of hydrogen-bond acceptors (Lipinski definition) is 5. The summed E-state index contributed by atoms with van der Waals surface area (Å²) >= 11 is 0. The Morgan fingerprint density at radius 2 is 1.42 bits per heavy atom. The summed E-state index contributed by atoms with van der Waals surface area (Å²) in [4.78, 5) is 19.3. The molecule has 12 heavy (non-hydrogen) atoms. The quantitative estimate of drug-likeness (QED) is 0.599. The van der Waals surface area contributed by atoms with E-state index in [1.165, 1.54) is 19.0 Å². The van der Waals surface area contributed by atoms with Crippen molar-refractivity contribution in [3.05, 3.63) is 31.4 Å². The molecule has 0 radical (unpaired) electrons. The molecule has 2 aromatic heterocycles. The van der Waals surface area contributed by atoms with Crippen LogP contribution in [0, 0.1) is 0 Å². The van der Waals surface area contributed by atoms with Crippen LogP contribution in [0.1, 0.15) is 0 Å². The number of aromatic nitrogens is 5. The minimum Gasteiger partial charge on any atom is -0.244 e. The summed E-state index contributed by atoms with van der Waals surface area (Å²) in [6.45, 7) is 0. The van der Waals surface area contributed by atoms with Crippen LogP contribution in [0.5, 0.6) is 0 Å². The van der Waals surface area contributed by atoms with Gasteiger partial charge in [-0.1, -0.05) is 0 Å². The van der Waals surface area contributed by atoms with Crippen molar-refractivity contribution in [2.45, 2.75) is 0 Å². The van der Waals surface area contributed by atoms with Crippen LogP contribution in [0.15, 0.2) is 31.4 Å². The van der Waals surface area contributed by atoms with E-state index in [-0.39, 0.29) is 0 Å². The highest BCUT2D eigenvalue weighted by Gasteiger charge is 1.97. The van der Waals surface area contributed by atoms with Gasteiger partial charge in [-0.05, 0) is 0 Å². The predicted molar refractivity (Wildman–Crippen MR) is 40.9 cm³/mol. The molecular weight excluding hydrogens is 154 g/mol. The molecule has 0 saturated heterocycles. The van der Waals surface area contributed by atoms with E-state index < -0.39 is 0 Å². The zero-order valence-electron chi connectivity index (χ0n) is 6.12. The Hall–Kier alpha value is -1.91. The van der Waals surface area contributed by atoms with Crippen molar-refractivity contribution < 1.29 is 0 Å². The molecule has 0 aliphatic carbocycles. The van der Waals surface area contributed by atoms with Gasteiger partial charge in [0.2, 0.25) is 0 Å². The lowest BCUT2D eigenvalue weighted by molar-refractivity contribution is 1.04. The normalized spacial score (nSPS) is 9.67. The molecule has 5 nitrogen and oxygen atoms in total. The highest BCUT2D eigenvalue weighted by atomic mass is 15.0. The molecule has 58 valence electrons. The van der Waals surface area contributed by atoms with E-state index in [2.05, 4.69) is 24.9 Å². The third-order valence-corrected chi connectivity index (χ3v) is 1.31. The molecule has 2 aromatic rings. The Bertz CT molecular complexity index is 309. The minimum atomic E-state index is 0.589. The van der Waals surface area contributed by atoms with Gasteiger partial charge in [-0.2, -0.15) is 0 Å². The lowest BCUT2D eigenvalue weighted by Crippen LogP contribution is -1.89. The van der Waals surface area contributed by atoms with Crippen LogP contribution in [0.4, 0.5) is 0 Å². The molecule has 0 aliphatic heterocycles. The van der Waals surface area contributed by atoms with E-state index in [0.717, 1.165) is 5.56 Å². The summed E-state index contributed by atoms with van der Waals surface area (Å²) in [7, 11) is 0. The van der Waals surface area contributed by atoms with Gasteiger partial charge in [-0.15, -0.1) is 0 Å². The summed E-state index contributed by atoms with van der Waals surface area (Å²) in [6, 6.07) is 0. The SMILES string of the molecule is c1ncc(-c2ncncn2)cn1. The molecule has 0 aliphatic rings. The molecule has 0 unspecified atom stereocenters. The van der Waals surface area contributed by atoms with E-state index in [9.17, 15) is 0 Å². The van der Waals surface area contributed by atoms with Crippen molar-refractivity contribution in [3.8, 4) is 11.4 Å². The van der Waals surface area contributed by atoms with Crippen LogP contribution in [0.25, 0.3) is 11.4 Å². The van der Waals surface area contributed by atoms with Gasteiger partial charge in [0.25, 0.3) is 0 Å². The molecule has 0 atom stereocenters. The summed E-state index contributed by atoms with van der Waals surface area (Å²) < 4.78 is 0. The second kappa shape index (κ2) is 3.00. The van der Waals surface area contributed by atoms with Crippen molar-refractivity contribution in [2.75, 3.05) is 0 Å². The number of hydrogen-bond donors (Lipinski definition) is 0. The van der Waals surface area contributed by atoms with Gasteiger partial charge in [0.1, 0.15) is 19.0 Å². The average Bonchev–Trinajstić information content (AvgIpc) is 2.21. The maximum atomic E-state index is 3.95. The Labute approximate surface area is 68.6 Å². The van der Waals surface area contributed by atoms with Crippen molar-refractivity contribution in [1.29, 1.82) is 0 Å². The highest BCUT2D eigenvalue weighted by molar-refractivity contribution is 5.50. The minimum absolute atomic E-state index is 0.589. The van der Waals surface area contributed by atoms with Crippen LogP contribution < -0.4 is 0 Å². The third kappa shape index (κ3) is 1.24. The predicted octanol–water partition coefficient (Wildman–Crippen LogP) is 0.329. The van der Waals surface area contributed by atoms with Gasteiger partial charge < -0.3 is 0 Å². The molecule has 0 spiro atoms. The highest BCUT2D eigenvalue weighted by Crippen LogP contribution is 2.07. The first kappa shape index (κ1) is 6.78. The molecule has 0 N–H and O–H groups in total. The van der Waals surface area contributed by atoms with Crippen LogP contribution >= 0.6 is 0 Å². The molecule has 5 heteroatoms. The molecule has 2 heterocycles. The lowest BCUT2D eigenvalue weighted by Gasteiger charge is -1.94. The second-order valence-corrected chi connectivity index (χ2v) is 2.09. The molecule has 0 amide bonds. The first-order valence-electron chi connectivity index (χ1n) is 3.34. The van der Waals surface area contributed by atoms with Crippen LogP contribution in [-0.2, 0) is 0 Å². The van der Waals surface area contributed by atoms with Crippen molar-refractivity contribution in [1.82, 2.24) is 24.9 Å². The number of rotatable bonds is 1. The van der Waals surface area contributed by atoms with E-state index >= 15 is 0 Å². The average molecular weight is 159 g/mol. The smallest absolute Gasteiger partial charge is 0.165 e. The van der Waals surface area contributed by atoms with Crippen LogP contribution in [0.3, 0.4) is 0 Å². The van der Waals surface area contributed by atoms with Gasteiger partial charge >= 0.3 is 0 Å². The molecule has 0 aromatic carbocycles. The fourth-order valence-corrected chi connectivity index (χ4v) is 0.803. The fraction of sp³-hybridized carbons (Fsp3) is 0. The van der Waals surface area contributed by atoms with E-state index in [1.807, 2.05) is 0 Å². The fourth-order valence-electron chi connectivity index (χ4n) is 0.803. The standard InChI is InChI=1S/C7H5N5/c1-6(2-9-3-8-1)7-11-4-10-5-12-7/h1-5H. The number of nitrogens with zero attached hydrogens (tertiary/aromatic N) is 5. The van der Waals surface area contributed by atoms with Gasteiger partial charge in [0, 0.05) is 12.4 Å². The second-order valence-electron chi connectivity index (χ2n) is 2.09. The zero-order valence-corrected chi connectivity index (χ0v) is 6.12. The monoisotopic (exact) mass is 159 g/mol. The molecule has 0 bridgehead atoms. The van der Waals surface area contributed by atoms with E-state index in [1.54, 1.807) is 12.4 Å². The largest absolute Gasteiger partial charge is 0.244 e. The van der Waals surface area contributed by atoms with Crippen molar-refractivity contribution in [2.24, 2.45) is 0 Å². The van der Waals surface area contributed by atoms with Gasteiger partial charge in [-0.3, -0.25) is 0 Å². The van der Waals surface area contributed by atoms with Gasteiger partial charge in [0.05, 0.1) is 5.56 Å². The van der Waals surface area contributed by atoms with Crippen LogP contribution in [0.2, 0.25) is 0 Å². The Morgan fingerprint density at radius 1 is 0.750 bits per heavy atom. The van der Waals surface area contributed by atoms with Crippen molar-refractivity contribution >= 4 is 0 Å². The molecule has 0 saturated carbocycles. The summed E-state index contributed by atoms with van der Waals surface area (Å²) in [5.41, 5.74) is 0.792. The Kier molecular flexibility index (Phi) is 1.69. The molecular formula is C7H5N5. The Morgan fingerprint density at radius 3 is 2.08 bits per heavy atom. The summed E-state index contributed by atoms with van der Waals surface area (Å²) in [5, 5.41) is 0. The van der Waals surface area contributed by atoms with E-state index in [4.69, 9.17) is 0 Å². The first-order chi connectivity index (χ1) is 5.97. The summed E-state index contributed by atoms with van der Waals surface area (Å²) in [5.74, 6) is 0.589. The Balaban J connectivity index is 2.46.